The molecule has 37 heavy (non-hydrogen) atoms. The number of nitrogens with zero attached hydrogens (tertiary/aromatic N) is 4. The van der Waals surface area contributed by atoms with Gasteiger partial charge in [-0.15, -0.1) is 0 Å². The number of nitrogens with one attached hydrogen (secondary N) is 1. The monoisotopic (exact) mass is 537 g/mol. The summed E-state index contributed by atoms with van der Waals surface area (Å²) in [5, 5.41) is 2.77. The maximum Gasteiger partial charge on any atom is 0.434 e. The normalized spacial score (nSPS) is 15.9. The van der Waals surface area contributed by atoms with E-state index in [1.54, 1.807) is 19.1 Å². The van der Waals surface area contributed by atoms with Crippen LogP contribution in [0.15, 0.2) is 30.7 Å². The molecule has 0 aromatic carbocycles. The highest BCUT2D eigenvalue weighted by atomic mass is 32.1. The molecular formula is C24H26F3N5O4S. The summed E-state index contributed by atoms with van der Waals surface area (Å²) < 4.78 is 59.2. The van der Waals surface area contributed by atoms with Crippen LogP contribution in [0.5, 0.6) is 5.88 Å². The van der Waals surface area contributed by atoms with Crippen LogP contribution in [-0.4, -0.2) is 51.3 Å². The number of amides is 1. The third kappa shape index (κ3) is 7.66. The molecule has 0 bridgehead atoms. The molecule has 1 atom stereocenters. The number of alkyl halides is 3. The van der Waals surface area contributed by atoms with Gasteiger partial charge < -0.3 is 19.5 Å². The molecule has 1 unspecified atom stereocenters. The zero-order valence-corrected chi connectivity index (χ0v) is 20.9. The number of aryl methyl sites for hydroxylation is 1. The van der Waals surface area contributed by atoms with Crippen molar-refractivity contribution < 1.29 is 32.2 Å². The molecule has 1 aliphatic heterocycles. The van der Waals surface area contributed by atoms with Crippen LogP contribution in [0.25, 0.3) is 0 Å². The van der Waals surface area contributed by atoms with Crippen LogP contribution in [0.2, 0.25) is 0 Å². The summed E-state index contributed by atoms with van der Waals surface area (Å²) in [4.78, 5) is 25.0. The van der Waals surface area contributed by atoms with Gasteiger partial charge in [-0.1, -0.05) is 0 Å². The second-order valence-corrected chi connectivity index (χ2v) is 9.20. The first kappa shape index (κ1) is 26.9. The van der Waals surface area contributed by atoms with Crippen molar-refractivity contribution in [2.75, 3.05) is 25.1 Å². The van der Waals surface area contributed by atoms with E-state index in [0.717, 1.165) is 43.6 Å². The number of halogens is 3. The van der Waals surface area contributed by atoms with Gasteiger partial charge in [0.25, 0.3) is 5.91 Å². The Morgan fingerprint density at radius 2 is 2.03 bits per heavy atom. The summed E-state index contributed by atoms with van der Waals surface area (Å²) in [6.07, 6.45) is 2.45. The van der Waals surface area contributed by atoms with E-state index in [0.29, 0.717) is 59.2 Å². The van der Waals surface area contributed by atoms with Crippen molar-refractivity contribution in [3.8, 4) is 5.88 Å². The molecule has 0 aliphatic carbocycles. The smallest absolute Gasteiger partial charge is 0.434 e. The lowest BCUT2D eigenvalue weighted by atomic mass is 10.1. The van der Waals surface area contributed by atoms with Gasteiger partial charge in [-0.05, 0) is 43.8 Å². The lowest BCUT2D eigenvalue weighted by Gasteiger charge is -2.22. The Bertz CT molecular complexity index is 1170. The molecule has 1 amide bonds. The minimum atomic E-state index is -4.56. The molecule has 4 heterocycles. The van der Waals surface area contributed by atoms with Crippen LogP contribution >= 0.6 is 11.5 Å². The van der Waals surface area contributed by atoms with Gasteiger partial charge >= 0.3 is 6.18 Å². The summed E-state index contributed by atoms with van der Waals surface area (Å²) in [5.74, 6) is 0.0144. The highest BCUT2D eigenvalue weighted by molar-refractivity contribution is 7.06. The second-order valence-electron chi connectivity index (χ2n) is 8.34. The van der Waals surface area contributed by atoms with Crippen LogP contribution in [-0.2, 0) is 22.1 Å². The molecule has 1 N–H and O–H groups in total. The Morgan fingerprint density at radius 1 is 1.16 bits per heavy atom. The Labute approximate surface area is 215 Å². The van der Waals surface area contributed by atoms with E-state index in [4.69, 9.17) is 14.2 Å². The van der Waals surface area contributed by atoms with Crippen molar-refractivity contribution in [1.29, 1.82) is 0 Å². The van der Waals surface area contributed by atoms with Gasteiger partial charge in [-0.2, -0.15) is 17.5 Å². The largest absolute Gasteiger partial charge is 0.478 e. The fourth-order valence-corrected chi connectivity index (χ4v) is 4.49. The average molecular weight is 538 g/mol. The van der Waals surface area contributed by atoms with Gasteiger partial charge in [-0.25, -0.2) is 9.97 Å². The number of carbonyl (C=O) groups is 1. The number of carbonyl (C=O) groups excluding carboxylic acids is 1. The first-order valence-corrected chi connectivity index (χ1v) is 12.5. The number of anilines is 1. The van der Waals surface area contributed by atoms with Gasteiger partial charge in [-0.3, -0.25) is 9.78 Å². The van der Waals surface area contributed by atoms with Gasteiger partial charge in [0.05, 0.1) is 48.2 Å². The lowest BCUT2D eigenvalue weighted by molar-refractivity contribution is -0.163. The summed E-state index contributed by atoms with van der Waals surface area (Å²) in [7, 11) is 0. The number of hydrogen-bond acceptors (Lipinski definition) is 9. The molecule has 3 aromatic rings. The van der Waals surface area contributed by atoms with Crippen molar-refractivity contribution in [3.05, 3.63) is 58.2 Å². The van der Waals surface area contributed by atoms with Crippen molar-refractivity contribution in [2.24, 2.45) is 0 Å². The van der Waals surface area contributed by atoms with Gasteiger partial charge in [0.15, 0.2) is 12.0 Å². The maximum absolute atomic E-state index is 12.9. The van der Waals surface area contributed by atoms with E-state index in [9.17, 15) is 18.0 Å². The molecular weight excluding hydrogens is 511 g/mol. The quantitative estimate of drug-likeness (QED) is 0.367. The molecule has 0 radical (unpaired) electrons. The minimum Gasteiger partial charge on any atom is -0.478 e. The topological polar surface area (TPSA) is 108 Å². The predicted molar refractivity (Wildman–Crippen MR) is 129 cm³/mol. The highest BCUT2D eigenvalue weighted by Crippen LogP contribution is 2.27. The molecule has 9 nitrogen and oxygen atoms in total. The number of aromatic nitrogens is 4. The zero-order valence-electron chi connectivity index (χ0n) is 20.1. The molecule has 4 rings (SSSR count). The third-order valence-corrected chi connectivity index (χ3v) is 6.41. The maximum atomic E-state index is 12.9. The van der Waals surface area contributed by atoms with Crippen molar-refractivity contribution >= 4 is 23.1 Å². The Morgan fingerprint density at radius 3 is 2.70 bits per heavy atom. The van der Waals surface area contributed by atoms with E-state index in [2.05, 4.69) is 24.6 Å². The van der Waals surface area contributed by atoms with E-state index in [1.807, 2.05) is 0 Å². The van der Waals surface area contributed by atoms with Crippen LogP contribution in [0.4, 0.5) is 18.9 Å². The SMILES string of the molecule is Cc1nsc(Cc2cnc(C(F)(F)F)cn2)c1C(=O)Nc1ccc(OCCCOC2CCCCO2)nc1. The summed E-state index contributed by atoms with van der Waals surface area (Å²) >= 11 is 1.09. The first-order chi connectivity index (χ1) is 17.8. The molecule has 1 saturated heterocycles. The predicted octanol–water partition coefficient (Wildman–Crippen LogP) is 4.81. The number of ether oxygens (including phenoxy) is 3. The Hall–Kier alpha value is -3.16. The fourth-order valence-electron chi connectivity index (χ4n) is 3.61. The van der Waals surface area contributed by atoms with Crippen LogP contribution in [0, 0.1) is 6.92 Å². The van der Waals surface area contributed by atoms with Gasteiger partial charge in [0.1, 0.15) is 0 Å². The molecule has 1 fully saturated rings. The standard InChI is InChI=1S/C24H26F3N5O4S/c1-15-22(18(37-32-15)11-17-13-29-19(14-28-17)24(25,26)27)23(33)31-16-6-7-20(30-12-16)34-9-4-10-36-21-5-2-3-8-35-21/h6-7,12-14,21H,2-5,8-11H2,1H3,(H,31,33). The molecule has 1 aliphatic rings. The Kier molecular flexibility index (Phi) is 9.00. The van der Waals surface area contributed by atoms with Crippen molar-refractivity contribution in [3.63, 3.8) is 0 Å². The van der Waals surface area contributed by atoms with Crippen molar-refractivity contribution in [2.45, 2.75) is 51.5 Å². The van der Waals surface area contributed by atoms with E-state index >= 15 is 0 Å². The first-order valence-electron chi connectivity index (χ1n) is 11.8. The molecule has 0 saturated carbocycles. The zero-order chi connectivity index (χ0) is 26.3. The second kappa shape index (κ2) is 12.4. The lowest BCUT2D eigenvalue weighted by Crippen LogP contribution is -2.23. The van der Waals surface area contributed by atoms with E-state index in [1.165, 1.54) is 6.20 Å². The van der Waals surface area contributed by atoms with Gasteiger partial charge in [0.2, 0.25) is 5.88 Å². The minimum absolute atomic E-state index is 0.125. The Balaban J connectivity index is 1.27. The number of pyridine rings is 1. The summed E-state index contributed by atoms with van der Waals surface area (Å²) in [6, 6.07) is 3.32. The van der Waals surface area contributed by atoms with E-state index < -0.39 is 17.8 Å². The van der Waals surface area contributed by atoms with Crippen LogP contribution in [0.1, 0.15) is 58.0 Å². The third-order valence-electron chi connectivity index (χ3n) is 5.47. The number of rotatable bonds is 10. The molecule has 3 aromatic heterocycles. The van der Waals surface area contributed by atoms with E-state index in [-0.39, 0.29) is 12.7 Å². The van der Waals surface area contributed by atoms with Gasteiger partial charge in [0, 0.05) is 36.6 Å². The summed E-state index contributed by atoms with van der Waals surface area (Å²) in [5.41, 5.74) is 0.531. The van der Waals surface area contributed by atoms with Crippen molar-refractivity contribution in [1.82, 2.24) is 19.3 Å². The van der Waals surface area contributed by atoms with Crippen LogP contribution < -0.4 is 10.1 Å². The summed E-state index contributed by atoms with van der Waals surface area (Å²) in [6.45, 7) is 3.40. The molecule has 0 spiro atoms. The van der Waals surface area contributed by atoms with Crippen LogP contribution in [0.3, 0.4) is 0 Å². The average Bonchev–Trinajstić information content (AvgIpc) is 3.25. The number of hydrogen-bond donors (Lipinski definition) is 1. The fraction of sp³-hybridized carbons (Fsp3) is 0.458. The molecule has 198 valence electrons. The highest BCUT2D eigenvalue weighted by Gasteiger charge is 2.32. The molecule has 13 heteroatoms.